The van der Waals surface area contributed by atoms with E-state index in [1.807, 2.05) is 6.08 Å². The second-order valence-corrected chi connectivity index (χ2v) is 4.52. The molecule has 0 aliphatic carbocycles. The van der Waals surface area contributed by atoms with Gasteiger partial charge in [0.05, 0.1) is 0 Å². The van der Waals surface area contributed by atoms with Gasteiger partial charge in [-0.25, -0.2) is 0 Å². The van der Waals surface area contributed by atoms with Gasteiger partial charge in [-0.3, -0.25) is 0 Å². The first kappa shape index (κ1) is 10.3. The Balaban J connectivity index is 0. The Morgan fingerprint density at radius 1 is 1.57 bits per heavy atom. The highest BCUT2D eigenvalue weighted by molar-refractivity contribution is 6.56. The number of halogens is 1. The van der Waals surface area contributed by atoms with Crippen LogP contribution in [0.3, 0.4) is 0 Å². The summed E-state index contributed by atoms with van der Waals surface area (Å²) in [5, 5.41) is 0. The Hall–Kier alpha value is 0.247. The predicted molar refractivity (Wildman–Crippen MR) is 39.7 cm³/mol. The molecular weight excluding hydrogens is 124 g/mol. The molecular formula is C5H12ClSi. The van der Waals surface area contributed by atoms with Gasteiger partial charge in [0, 0.05) is 8.80 Å². The Bertz CT molecular complexity index is 43.3. The highest BCUT2D eigenvalue weighted by Crippen LogP contribution is 1.87. The zero-order chi connectivity index (χ0) is 4.99. The van der Waals surface area contributed by atoms with Gasteiger partial charge >= 0.3 is 0 Å². The molecule has 0 saturated carbocycles. The first-order valence-electron chi connectivity index (χ1n) is 2.17. The van der Waals surface area contributed by atoms with Crippen LogP contribution in [0.5, 0.6) is 0 Å². The van der Waals surface area contributed by atoms with Crippen LogP contribution in [-0.2, 0) is 0 Å². The molecule has 0 saturated heterocycles. The van der Waals surface area contributed by atoms with Crippen LogP contribution in [0.2, 0.25) is 19.1 Å². The second kappa shape index (κ2) is 6.25. The minimum absolute atomic E-state index is 0. The number of hydrogen-bond acceptors (Lipinski definition) is 0. The molecule has 0 atom stereocenters. The fourth-order valence-corrected chi connectivity index (χ4v) is 0.866. The summed E-state index contributed by atoms with van der Waals surface area (Å²) in [5.41, 5.74) is 0. The number of allylic oxidation sites excluding steroid dienone is 1. The lowest BCUT2D eigenvalue weighted by Crippen LogP contribution is -1.93. The minimum atomic E-state index is -0.00360. The topological polar surface area (TPSA) is 0 Å². The molecule has 0 unspecified atom stereocenters. The van der Waals surface area contributed by atoms with Crippen LogP contribution in [-0.4, -0.2) is 8.80 Å². The summed E-state index contributed by atoms with van der Waals surface area (Å²) in [6, 6.07) is 1.24. The second-order valence-electron chi connectivity index (χ2n) is 1.70. The third kappa shape index (κ3) is 10.7. The summed E-state index contributed by atoms with van der Waals surface area (Å²) in [6.45, 7) is 8.19. The number of hydrogen-bond donors (Lipinski definition) is 0. The summed E-state index contributed by atoms with van der Waals surface area (Å²) in [5.74, 6) is 0. The zero-order valence-corrected chi connectivity index (χ0v) is 6.72. The van der Waals surface area contributed by atoms with E-state index in [0.717, 1.165) is 0 Å². The monoisotopic (exact) mass is 135 g/mol. The zero-order valence-electron chi connectivity index (χ0n) is 4.90. The maximum atomic E-state index is 3.63. The smallest absolute Gasteiger partial charge is 0.0452 e. The van der Waals surface area contributed by atoms with Crippen molar-refractivity contribution in [1.82, 2.24) is 0 Å². The van der Waals surface area contributed by atoms with Gasteiger partial charge in [-0.15, -0.1) is 19.0 Å². The summed E-state index contributed by atoms with van der Waals surface area (Å²) >= 11 is 0. The van der Waals surface area contributed by atoms with E-state index < -0.39 is 0 Å². The standard InChI is InChI=1S/C5H11Si.ClH/c1-4-5-6(2)3;/h4H,1,5H2,2-3H3;1H. The van der Waals surface area contributed by atoms with E-state index in [2.05, 4.69) is 19.7 Å². The lowest BCUT2D eigenvalue weighted by molar-refractivity contribution is 1.63. The first-order valence-corrected chi connectivity index (χ1v) is 4.88. The van der Waals surface area contributed by atoms with Crippen molar-refractivity contribution in [3.8, 4) is 0 Å². The molecule has 0 rings (SSSR count). The summed E-state index contributed by atoms with van der Waals surface area (Å²) < 4.78 is 0. The summed E-state index contributed by atoms with van der Waals surface area (Å²) in [7, 11) is -0.00360. The van der Waals surface area contributed by atoms with Gasteiger partial charge in [0.1, 0.15) is 0 Å². The molecule has 2 heteroatoms. The van der Waals surface area contributed by atoms with Gasteiger partial charge in [-0.2, -0.15) is 0 Å². The Labute approximate surface area is 53.6 Å². The molecule has 0 fully saturated rings. The van der Waals surface area contributed by atoms with Crippen molar-refractivity contribution < 1.29 is 0 Å². The molecule has 0 aliphatic rings. The molecule has 0 aromatic rings. The maximum Gasteiger partial charge on any atom is 0.0452 e. The van der Waals surface area contributed by atoms with Crippen LogP contribution >= 0.6 is 12.4 Å². The molecule has 0 heterocycles. The van der Waals surface area contributed by atoms with Crippen LogP contribution in [0, 0.1) is 0 Å². The predicted octanol–water partition coefficient (Wildman–Crippen LogP) is 2.35. The largest absolute Gasteiger partial charge is 0.147 e. The van der Waals surface area contributed by atoms with E-state index >= 15 is 0 Å². The number of rotatable bonds is 2. The van der Waals surface area contributed by atoms with E-state index in [-0.39, 0.29) is 21.2 Å². The molecule has 1 radical (unpaired) electrons. The molecule has 0 nitrogen and oxygen atoms in total. The van der Waals surface area contributed by atoms with Gasteiger partial charge in [0.25, 0.3) is 0 Å². The average Bonchev–Trinajstić information content (AvgIpc) is 1.35. The maximum absolute atomic E-state index is 3.63. The average molecular weight is 136 g/mol. The highest BCUT2D eigenvalue weighted by Gasteiger charge is 1.85. The van der Waals surface area contributed by atoms with Crippen LogP contribution in [0.15, 0.2) is 12.7 Å². The van der Waals surface area contributed by atoms with Crippen LogP contribution in [0.1, 0.15) is 0 Å². The summed E-state index contributed by atoms with van der Waals surface area (Å²) in [4.78, 5) is 0. The quantitative estimate of drug-likeness (QED) is 0.403. The molecule has 7 heavy (non-hydrogen) atoms. The minimum Gasteiger partial charge on any atom is -0.147 e. The van der Waals surface area contributed by atoms with Gasteiger partial charge < -0.3 is 0 Å². The van der Waals surface area contributed by atoms with E-state index in [0.29, 0.717) is 0 Å². The van der Waals surface area contributed by atoms with Crippen molar-refractivity contribution >= 4 is 21.2 Å². The Morgan fingerprint density at radius 3 is 2.00 bits per heavy atom. The van der Waals surface area contributed by atoms with Crippen molar-refractivity contribution in [3.05, 3.63) is 12.7 Å². The van der Waals surface area contributed by atoms with Gasteiger partial charge in [0.2, 0.25) is 0 Å². The SMILES string of the molecule is C=CC[Si](C)C.Cl. The van der Waals surface area contributed by atoms with E-state index in [1.165, 1.54) is 6.04 Å². The Morgan fingerprint density at radius 2 is 2.00 bits per heavy atom. The van der Waals surface area contributed by atoms with E-state index in [9.17, 15) is 0 Å². The van der Waals surface area contributed by atoms with Crippen molar-refractivity contribution in [1.29, 1.82) is 0 Å². The summed E-state index contributed by atoms with van der Waals surface area (Å²) in [6.07, 6.45) is 1.99. The Kier molecular flexibility index (Phi) is 9.17. The lowest BCUT2D eigenvalue weighted by Gasteiger charge is -1.89. The third-order valence-corrected chi connectivity index (χ3v) is 1.66. The third-order valence-electron chi connectivity index (χ3n) is 0.553. The van der Waals surface area contributed by atoms with Crippen molar-refractivity contribution in [3.63, 3.8) is 0 Å². The van der Waals surface area contributed by atoms with E-state index in [4.69, 9.17) is 0 Å². The van der Waals surface area contributed by atoms with E-state index in [1.54, 1.807) is 0 Å². The fourth-order valence-electron chi connectivity index (χ4n) is 0.289. The molecule has 0 N–H and O–H groups in total. The van der Waals surface area contributed by atoms with Crippen molar-refractivity contribution in [2.24, 2.45) is 0 Å². The lowest BCUT2D eigenvalue weighted by atomic mass is 10.8. The molecule has 43 valence electrons. The normalized spacial score (nSPS) is 7.86. The highest BCUT2D eigenvalue weighted by atomic mass is 35.5. The molecule has 0 aromatic carbocycles. The molecule has 0 spiro atoms. The molecule has 0 aromatic heterocycles. The van der Waals surface area contributed by atoms with Crippen molar-refractivity contribution in [2.45, 2.75) is 19.1 Å². The van der Waals surface area contributed by atoms with Gasteiger partial charge in [-0.05, 0) is 6.04 Å². The molecule has 0 bridgehead atoms. The van der Waals surface area contributed by atoms with Gasteiger partial charge in [0.15, 0.2) is 0 Å². The van der Waals surface area contributed by atoms with Crippen LogP contribution in [0.4, 0.5) is 0 Å². The van der Waals surface area contributed by atoms with Crippen LogP contribution < -0.4 is 0 Å². The van der Waals surface area contributed by atoms with Crippen molar-refractivity contribution in [2.75, 3.05) is 0 Å². The molecule has 0 amide bonds. The fraction of sp³-hybridized carbons (Fsp3) is 0.600. The van der Waals surface area contributed by atoms with Crippen LogP contribution in [0.25, 0.3) is 0 Å². The first-order chi connectivity index (χ1) is 2.77. The van der Waals surface area contributed by atoms with Gasteiger partial charge in [-0.1, -0.05) is 19.2 Å². The molecule has 0 aliphatic heterocycles.